The molecule has 7 heteroatoms. The fourth-order valence-corrected chi connectivity index (χ4v) is 2.38. The summed E-state index contributed by atoms with van der Waals surface area (Å²) in [6, 6.07) is 8.76. The second-order valence-electron chi connectivity index (χ2n) is 5.98. The van der Waals surface area contributed by atoms with E-state index in [9.17, 15) is 4.79 Å². The molecule has 1 aliphatic heterocycles. The van der Waals surface area contributed by atoms with E-state index in [0.717, 1.165) is 13.0 Å². The van der Waals surface area contributed by atoms with Crippen molar-refractivity contribution in [2.24, 2.45) is 0 Å². The van der Waals surface area contributed by atoms with Crippen LogP contribution in [-0.4, -0.2) is 44.8 Å². The Balaban J connectivity index is 1.47. The van der Waals surface area contributed by atoms with Crippen LogP contribution in [-0.2, 0) is 6.61 Å². The predicted octanol–water partition coefficient (Wildman–Crippen LogP) is 2.27. The molecule has 1 amide bonds. The van der Waals surface area contributed by atoms with Crippen molar-refractivity contribution in [2.45, 2.75) is 13.0 Å². The third-order valence-corrected chi connectivity index (χ3v) is 3.68. The van der Waals surface area contributed by atoms with E-state index >= 15 is 0 Å². The summed E-state index contributed by atoms with van der Waals surface area (Å²) in [5, 5.41) is 2.84. The summed E-state index contributed by atoms with van der Waals surface area (Å²) in [5.74, 6) is 2.67. The van der Waals surface area contributed by atoms with Gasteiger partial charge in [0, 0.05) is 12.6 Å². The number of furan rings is 1. The van der Waals surface area contributed by atoms with E-state index in [4.69, 9.17) is 18.6 Å². The van der Waals surface area contributed by atoms with Gasteiger partial charge < -0.3 is 28.8 Å². The highest BCUT2D eigenvalue weighted by atomic mass is 16.7. The largest absolute Gasteiger partial charge is 0.486 e. The van der Waals surface area contributed by atoms with Crippen LogP contribution in [0.15, 0.2) is 34.7 Å². The van der Waals surface area contributed by atoms with Gasteiger partial charge in [-0.2, -0.15) is 0 Å². The van der Waals surface area contributed by atoms with Gasteiger partial charge in [0.05, 0.1) is 0 Å². The van der Waals surface area contributed by atoms with Gasteiger partial charge in [0.1, 0.15) is 18.1 Å². The first-order chi connectivity index (χ1) is 12.1. The lowest BCUT2D eigenvalue weighted by Crippen LogP contribution is -2.26. The summed E-state index contributed by atoms with van der Waals surface area (Å²) in [5.41, 5.74) is 0. The van der Waals surface area contributed by atoms with Crippen molar-refractivity contribution in [3.8, 4) is 17.2 Å². The lowest BCUT2D eigenvalue weighted by Gasteiger charge is -2.09. The van der Waals surface area contributed by atoms with Crippen LogP contribution in [0.2, 0.25) is 0 Å². The first-order valence-electron chi connectivity index (χ1n) is 8.16. The van der Waals surface area contributed by atoms with Crippen molar-refractivity contribution >= 4 is 5.91 Å². The van der Waals surface area contributed by atoms with E-state index in [1.807, 2.05) is 14.1 Å². The third kappa shape index (κ3) is 4.67. The fraction of sp³-hybridized carbons (Fsp3) is 0.389. The van der Waals surface area contributed by atoms with Crippen molar-refractivity contribution in [1.29, 1.82) is 0 Å². The molecule has 25 heavy (non-hydrogen) atoms. The minimum atomic E-state index is -0.215. The van der Waals surface area contributed by atoms with Crippen LogP contribution < -0.4 is 19.5 Å². The van der Waals surface area contributed by atoms with Crippen LogP contribution >= 0.6 is 0 Å². The van der Waals surface area contributed by atoms with E-state index in [-0.39, 0.29) is 25.1 Å². The molecule has 0 unspecified atom stereocenters. The van der Waals surface area contributed by atoms with E-state index in [0.29, 0.717) is 29.6 Å². The number of fused-ring (bicyclic) bond motifs is 1. The Morgan fingerprint density at radius 1 is 1.20 bits per heavy atom. The zero-order valence-corrected chi connectivity index (χ0v) is 14.4. The molecule has 0 saturated heterocycles. The van der Waals surface area contributed by atoms with Gasteiger partial charge in [-0.1, -0.05) is 0 Å². The van der Waals surface area contributed by atoms with Crippen LogP contribution in [0.5, 0.6) is 17.2 Å². The first-order valence-corrected chi connectivity index (χ1v) is 8.16. The number of rotatable bonds is 8. The number of nitrogens with zero attached hydrogens (tertiary/aromatic N) is 1. The molecule has 2 heterocycles. The van der Waals surface area contributed by atoms with Gasteiger partial charge in [-0.3, -0.25) is 4.79 Å². The molecular weight excluding hydrogens is 324 g/mol. The molecule has 1 N–H and O–H groups in total. The maximum Gasteiger partial charge on any atom is 0.286 e. The highest BCUT2D eigenvalue weighted by molar-refractivity contribution is 5.91. The van der Waals surface area contributed by atoms with E-state index in [1.54, 1.807) is 30.3 Å². The molecule has 0 fully saturated rings. The van der Waals surface area contributed by atoms with Gasteiger partial charge in [-0.05, 0) is 51.3 Å². The van der Waals surface area contributed by atoms with Gasteiger partial charge in [0.25, 0.3) is 5.91 Å². The molecule has 0 atom stereocenters. The Labute approximate surface area is 146 Å². The van der Waals surface area contributed by atoms with Crippen molar-refractivity contribution in [1.82, 2.24) is 10.2 Å². The molecule has 0 saturated carbocycles. The minimum Gasteiger partial charge on any atom is -0.486 e. The SMILES string of the molecule is CN(C)CCCNC(=O)c1ccc(COc2ccc3c(c2)OCO3)o1. The van der Waals surface area contributed by atoms with E-state index in [2.05, 4.69) is 10.2 Å². The van der Waals surface area contributed by atoms with Gasteiger partial charge in [0.15, 0.2) is 17.3 Å². The maximum atomic E-state index is 12.0. The number of carbonyl (C=O) groups is 1. The molecular formula is C18H22N2O5. The summed E-state index contributed by atoms with van der Waals surface area (Å²) in [4.78, 5) is 14.1. The Morgan fingerprint density at radius 2 is 2.04 bits per heavy atom. The molecule has 0 spiro atoms. The van der Waals surface area contributed by atoms with E-state index in [1.165, 1.54) is 0 Å². The number of hydrogen-bond acceptors (Lipinski definition) is 6. The Bertz CT molecular complexity index is 726. The van der Waals surface area contributed by atoms with Crippen molar-refractivity contribution in [3.63, 3.8) is 0 Å². The van der Waals surface area contributed by atoms with Crippen LogP contribution in [0.3, 0.4) is 0 Å². The predicted molar refractivity (Wildman–Crippen MR) is 91.1 cm³/mol. The number of amides is 1. The lowest BCUT2D eigenvalue weighted by atomic mass is 10.3. The average Bonchev–Trinajstić information content (AvgIpc) is 3.25. The number of benzene rings is 1. The average molecular weight is 346 g/mol. The van der Waals surface area contributed by atoms with Crippen molar-refractivity contribution in [2.75, 3.05) is 34.0 Å². The summed E-state index contributed by atoms with van der Waals surface area (Å²) >= 11 is 0. The van der Waals surface area contributed by atoms with Crippen LogP contribution in [0.4, 0.5) is 0 Å². The molecule has 0 radical (unpaired) electrons. The first kappa shape index (κ1) is 17.2. The zero-order valence-electron chi connectivity index (χ0n) is 14.4. The van der Waals surface area contributed by atoms with Crippen LogP contribution in [0.1, 0.15) is 22.7 Å². The van der Waals surface area contributed by atoms with Crippen LogP contribution in [0.25, 0.3) is 0 Å². The van der Waals surface area contributed by atoms with E-state index < -0.39 is 0 Å². The smallest absolute Gasteiger partial charge is 0.286 e. The molecule has 0 aliphatic carbocycles. The molecule has 134 valence electrons. The Hall–Kier alpha value is -2.67. The summed E-state index contributed by atoms with van der Waals surface area (Å²) in [6.45, 7) is 1.99. The monoisotopic (exact) mass is 346 g/mol. The molecule has 1 aromatic carbocycles. The van der Waals surface area contributed by atoms with Crippen LogP contribution in [0, 0.1) is 0 Å². The summed E-state index contributed by atoms with van der Waals surface area (Å²) in [7, 11) is 4.00. The number of carbonyl (C=O) groups excluding carboxylic acids is 1. The number of ether oxygens (including phenoxy) is 3. The summed E-state index contributed by atoms with van der Waals surface area (Å²) < 4.78 is 21.8. The van der Waals surface area contributed by atoms with Gasteiger partial charge in [0.2, 0.25) is 6.79 Å². The molecule has 3 rings (SSSR count). The normalized spacial score (nSPS) is 12.4. The zero-order chi connectivity index (χ0) is 17.6. The fourth-order valence-electron chi connectivity index (χ4n) is 2.38. The Morgan fingerprint density at radius 3 is 2.88 bits per heavy atom. The second-order valence-corrected chi connectivity index (χ2v) is 5.98. The lowest BCUT2D eigenvalue weighted by molar-refractivity contribution is 0.0920. The standard InChI is InChI=1S/C18H22N2O5/c1-20(2)9-3-8-19-18(21)16-7-5-14(25-16)11-22-13-4-6-15-17(10-13)24-12-23-15/h4-7,10H,3,8-9,11-12H2,1-2H3,(H,19,21). The van der Waals surface area contributed by atoms with Gasteiger partial charge in [-0.15, -0.1) is 0 Å². The molecule has 2 aromatic rings. The van der Waals surface area contributed by atoms with Gasteiger partial charge in [-0.25, -0.2) is 0 Å². The topological polar surface area (TPSA) is 73.2 Å². The molecule has 1 aliphatic rings. The molecule has 0 bridgehead atoms. The molecule has 7 nitrogen and oxygen atoms in total. The Kier molecular flexibility index (Phi) is 5.45. The highest BCUT2D eigenvalue weighted by Gasteiger charge is 2.15. The molecule has 1 aromatic heterocycles. The number of nitrogens with one attached hydrogen (secondary N) is 1. The highest BCUT2D eigenvalue weighted by Crippen LogP contribution is 2.35. The second kappa shape index (κ2) is 7.94. The van der Waals surface area contributed by atoms with Gasteiger partial charge >= 0.3 is 0 Å². The van der Waals surface area contributed by atoms with Crippen molar-refractivity contribution < 1.29 is 23.4 Å². The number of hydrogen-bond donors (Lipinski definition) is 1. The van der Waals surface area contributed by atoms with Crippen molar-refractivity contribution in [3.05, 3.63) is 41.9 Å². The minimum absolute atomic E-state index is 0.215. The third-order valence-electron chi connectivity index (χ3n) is 3.68. The summed E-state index contributed by atoms with van der Waals surface area (Å²) in [6.07, 6.45) is 0.888. The quantitative estimate of drug-likeness (QED) is 0.739. The maximum absolute atomic E-state index is 12.0.